The number of fused-ring (bicyclic) bond motifs is 1. The Kier molecular flexibility index (Phi) is 2.86. The summed E-state index contributed by atoms with van der Waals surface area (Å²) in [6.45, 7) is 0.731. The Morgan fingerprint density at radius 1 is 1.14 bits per heavy atom. The van der Waals surface area contributed by atoms with Gasteiger partial charge in [0.05, 0.1) is 0 Å². The number of aromatic nitrogens is 2. The number of carbonyl (C=O) groups is 1. The van der Waals surface area contributed by atoms with Gasteiger partial charge >= 0.3 is 0 Å². The monoisotopic (exact) mass is 295 g/mol. The number of nitrogens with zero attached hydrogens (tertiary/aromatic N) is 3. The number of anilines is 1. The maximum absolute atomic E-state index is 12.7. The maximum atomic E-state index is 12.7. The topological polar surface area (TPSA) is 38.1 Å². The summed E-state index contributed by atoms with van der Waals surface area (Å²) in [6.07, 6.45) is 4.77. The summed E-state index contributed by atoms with van der Waals surface area (Å²) < 4.78 is 1.92. The minimum Gasteiger partial charge on any atom is -0.306 e. The second-order valence-corrected chi connectivity index (χ2v) is 5.78. The third kappa shape index (κ3) is 2.06. The second kappa shape index (κ2) is 4.86. The van der Waals surface area contributed by atoms with Gasteiger partial charge in [-0.3, -0.25) is 4.79 Å². The molecule has 1 aliphatic heterocycles. The molecule has 0 saturated heterocycles. The molecule has 0 radical (unpaired) electrons. The fraction of sp³-hybridized carbons (Fsp3) is 0.125. The molecular formula is C16H13N3OS. The lowest BCUT2D eigenvalue weighted by Crippen LogP contribution is -2.29. The molecular weight excluding hydrogens is 282 g/mol. The van der Waals surface area contributed by atoms with Gasteiger partial charge in [0, 0.05) is 30.0 Å². The van der Waals surface area contributed by atoms with Crippen molar-refractivity contribution in [2.45, 2.75) is 6.42 Å². The minimum atomic E-state index is -0.0189. The van der Waals surface area contributed by atoms with Crippen LogP contribution in [0.5, 0.6) is 0 Å². The van der Waals surface area contributed by atoms with E-state index < -0.39 is 0 Å². The van der Waals surface area contributed by atoms with E-state index in [-0.39, 0.29) is 5.91 Å². The highest BCUT2D eigenvalue weighted by atomic mass is 32.1. The van der Waals surface area contributed by atoms with Crippen LogP contribution in [0.4, 0.5) is 5.69 Å². The first-order valence-corrected chi connectivity index (χ1v) is 7.69. The number of carbonyl (C=O) groups excluding carboxylic acids is 1. The third-order valence-corrected chi connectivity index (χ3v) is 4.52. The Morgan fingerprint density at radius 2 is 1.95 bits per heavy atom. The van der Waals surface area contributed by atoms with Crippen molar-refractivity contribution < 1.29 is 4.79 Å². The highest BCUT2D eigenvalue weighted by Crippen LogP contribution is 2.29. The van der Waals surface area contributed by atoms with Crippen LogP contribution in [0.3, 0.4) is 0 Å². The molecule has 0 spiro atoms. The van der Waals surface area contributed by atoms with Gasteiger partial charge in [-0.1, -0.05) is 18.2 Å². The molecule has 3 heterocycles. The zero-order chi connectivity index (χ0) is 14.2. The van der Waals surface area contributed by atoms with E-state index in [1.54, 1.807) is 0 Å². The Bertz CT molecular complexity index is 791. The SMILES string of the molecule is O=C(c1csc(-n2cccc2)n1)N1CCc2ccccc21. The molecule has 1 aliphatic rings. The number of amides is 1. The lowest BCUT2D eigenvalue weighted by atomic mass is 10.2. The summed E-state index contributed by atoms with van der Waals surface area (Å²) in [6, 6.07) is 11.9. The highest BCUT2D eigenvalue weighted by molar-refractivity contribution is 7.12. The summed E-state index contributed by atoms with van der Waals surface area (Å²) in [5.74, 6) is -0.0189. The summed E-state index contributed by atoms with van der Waals surface area (Å²) in [5, 5.41) is 2.65. The zero-order valence-corrected chi connectivity index (χ0v) is 12.1. The Hall–Kier alpha value is -2.40. The Balaban J connectivity index is 1.65. The lowest BCUT2D eigenvalue weighted by Gasteiger charge is -2.15. The van der Waals surface area contributed by atoms with Gasteiger partial charge in [0.15, 0.2) is 5.13 Å². The molecule has 21 heavy (non-hydrogen) atoms. The third-order valence-electron chi connectivity index (χ3n) is 3.67. The van der Waals surface area contributed by atoms with Crippen LogP contribution in [0.2, 0.25) is 0 Å². The fourth-order valence-corrected chi connectivity index (χ4v) is 3.40. The van der Waals surface area contributed by atoms with Crippen molar-refractivity contribution in [1.82, 2.24) is 9.55 Å². The number of benzene rings is 1. The van der Waals surface area contributed by atoms with Crippen molar-refractivity contribution in [3.63, 3.8) is 0 Å². The van der Waals surface area contributed by atoms with Crippen molar-refractivity contribution in [2.24, 2.45) is 0 Å². The van der Waals surface area contributed by atoms with Crippen molar-refractivity contribution in [3.05, 3.63) is 65.4 Å². The minimum absolute atomic E-state index is 0.0189. The molecule has 0 atom stereocenters. The van der Waals surface area contributed by atoms with Gasteiger partial charge < -0.3 is 9.47 Å². The quantitative estimate of drug-likeness (QED) is 0.728. The van der Waals surface area contributed by atoms with Crippen LogP contribution in [-0.2, 0) is 6.42 Å². The van der Waals surface area contributed by atoms with Gasteiger partial charge in [0.1, 0.15) is 5.69 Å². The number of thiazole rings is 1. The van der Waals surface area contributed by atoms with Crippen molar-refractivity contribution in [2.75, 3.05) is 11.4 Å². The summed E-state index contributed by atoms with van der Waals surface area (Å²) in [7, 11) is 0. The maximum Gasteiger partial charge on any atom is 0.277 e. The first-order chi connectivity index (χ1) is 10.3. The van der Waals surface area contributed by atoms with E-state index in [1.807, 2.05) is 57.6 Å². The van der Waals surface area contributed by atoms with Crippen LogP contribution < -0.4 is 4.90 Å². The molecule has 4 rings (SSSR count). The molecule has 2 aromatic heterocycles. The average Bonchev–Trinajstić information content (AvgIpc) is 3.25. The van der Waals surface area contributed by atoms with Crippen molar-refractivity contribution in [1.29, 1.82) is 0 Å². The van der Waals surface area contributed by atoms with E-state index in [0.29, 0.717) is 5.69 Å². The molecule has 1 aromatic carbocycles. The first-order valence-electron chi connectivity index (χ1n) is 6.81. The Labute approximate surface area is 126 Å². The van der Waals surface area contributed by atoms with Gasteiger partial charge in [0.25, 0.3) is 5.91 Å². The molecule has 0 N–H and O–H groups in total. The van der Waals surface area contributed by atoms with Crippen LogP contribution in [-0.4, -0.2) is 22.0 Å². The second-order valence-electron chi connectivity index (χ2n) is 4.94. The van der Waals surface area contributed by atoms with Gasteiger partial charge in [-0.2, -0.15) is 0 Å². The van der Waals surface area contributed by atoms with E-state index in [1.165, 1.54) is 16.9 Å². The van der Waals surface area contributed by atoms with Crippen molar-refractivity contribution >= 4 is 22.9 Å². The standard InChI is InChI=1S/C16H13N3OS/c20-15(19-10-7-12-5-1-2-6-14(12)19)13-11-21-16(17-13)18-8-3-4-9-18/h1-6,8-9,11H,7,10H2. The number of hydrogen-bond donors (Lipinski definition) is 0. The number of para-hydroxylation sites is 1. The number of rotatable bonds is 2. The number of hydrogen-bond acceptors (Lipinski definition) is 3. The van der Waals surface area contributed by atoms with Crippen LogP contribution in [0.25, 0.3) is 5.13 Å². The van der Waals surface area contributed by atoms with E-state index in [9.17, 15) is 4.79 Å². The smallest absolute Gasteiger partial charge is 0.277 e. The molecule has 0 aliphatic carbocycles. The molecule has 5 heteroatoms. The van der Waals surface area contributed by atoms with Crippen LogP contribution in [0.1, 0.15) is 16.1 Å². The largest absolute Gasteiger partial charge is 0.306 e. The van der Waals surface area contributed by atoms with Gasteiger partial charge in [-0.25, -0.2) is 4.98 Å². The van der Waals surface area contributed by atoms with E-state index >= 15 is 0 Å². The predicted octanol–water partition coefficient (Wildman–Crippen LogP) is 3.14. The molecule has 0 unspecified atom stereocenters. The lowest BCUT2D eigenvalue weighted by molar-refractivity contribution is 0.0985. The zero-order valence-electron chi connectivity index (χ0n) is 11.3. The Morgan fingerprint density at radius 3 is 2.81 bits per heavy atom. The fourth-order valence-electron chi connectivity index (χ4n) is 2.63. The molecule has 0 saturated carbocycles. The van der Waals surface area contributed by atoms with E-state index in [2.05, 4.69) is 11.1 Å². The van der Waals surface area contributed by atoms with E-state index in [0.717, 1.165) is 23.8 Å². The summed E-state index contributed by atoms with van der Waals surface area (Å²) in [5.41, 5.74) is 2.75. The van der Waals surface area contributed by atoms with Crippen molar-refractivity contribution in [3.8, 4) is 5.13 Å². The molecule has 0 bridgehead atoms. The predicted molar refractivity (Wildman–Crippen MR) is 83.3 cm³/mol. The van der Waals surface area contributed by atoms with Crippen LogP contribution >= 0.6 is 11.3 Å². The van der Waals surface area contributed by atoms with Gasteiger partial charge in [0.2, 0.25) is 0 Å². The van der Waals surface area contributed by atoms with E-state index in [4.69, 9.17) is 0 Å². The summed E-state index contributed by atoms with van der Waals surface area (Å²) >= 11 is 1.48. The van der Waals surface area contributed by atoms with Crippen LogP contribution in [0, 0.1) is 0 Å². The van der Waals surface area contributed by atoms with Gasteiger partial charge in [-0.15, -0.1) is 11.3 Å². The molecule has 0 fully saturated rings. The molecule has 3 aromatic rings. The molecule has 1 amide bonds. The first kappa shape index (κ1) is 12.3. The molecule has 4 nitrogen and oxygen atoms in total. The highest BCUT2D eigenvalue weighted by Gasteiger charge is 2.26. The summed E-state index contributed by atoms with van der Waals surface area (Å²) in [4.78, 5) is 18.9. The average molecular weight is 295 g/mol. The normalized spacial score (nSPS) is 13.4. The van der Waals surface area contributed by atoms with Crippen LogP contribution in [0.15, 0.2) is 54.2 Å². The van der Waals surface area contributed by atoms with Gasteiger partial charge in [-0.05, 0) is 30.2 Å². The molecule has 104 valence electrons.